The predicted octanol–water partition coefficient (Wildman–Crippen LogP) is 2.52. The molecule has 0 aromatic rings. The van der Waals surface area contributed by atoms with Gasteiger partial charge in [-0.15, -0.1) is 0 Å². The Balaban J connectivity index is 3.84. The second-order valence-corrected chi connectivity index (χ2v) is 6.82. The third-order valence-electron chi connectivity index (χ3n) is 3.80. The van der Waals surface area contributed by atoms with Crippen LogP contribution in [-0.2, 0) is 19.1 Å². The minimum absolute atomic E-state index is 0.0224. The molecule has 0 saturated heterocycles. The van der Waals surface area contributed by atoms with Crippen molar-refractivity contribution < 1.29 is 19.1 Å². The predicted molar refractivity (Wildman–Crippen MR) is 86.6 cm³/mol. The highest BCUT2D eigenvalue weighted by Crippen LogP contribution is 2.17. The van der Waals surface area contributed by atoms with Crippen molar-refractivity contribution in [3.05, 3.63) is 0 Å². The Labute approximate surface area is 134 Å². The summed E-state index contributed by atoms with van der Waals surface area (Å²) in [5, 5.41) is 2.79. The molecule has 5 heteroatoms. The van der Waals surface area contributed by atoms with E-state index in [-0.39, 0.29) is 35.9 Å². The van der Waals surface area contributed by atoms with Crippen molar-refractivity contribution in [2.75, 3.05) is 13.2 Å². The van der Waals surface area contributed by atoms with Gasteiger partial charge in [-0.3, -0.25) is 14.4 Å². The second kappa shape index (κ2) is 9.72. The average molecular weight is 313 g/mol. The second-order valence-electron chi connectivity index (χ2n) is 6.82. The highest BCUT2D eigenvalue weighted by atomic mass is 16.5. The van der Waals surface area contributed by atoms with Gasteiger partial charge >= 0.3 is 0 Å². The van der Waals surface area contributed by atoms with Crippen molar-refractivity contribution in [1.82, 2.24) is 5.32 Å². The fraction of sp³-hybridized carbons (Fsp3) is 0.824. The monoisotopic (exact) mass is 313 g/mol. The van der Waals surface area contributed by atoms with Crippen LogP contribution in [0.15, 0.2) is 0 Å². The van der Waals surface area contributed by atoms with Crippen molar-refractivity contribution in [3.8, 4) is 0 Å². The molecule has 1 N–H and O–H groups in total. The Morgan fingerprint density at radius 2 is 1.68 bits per heavy atom. The van der Waals surface area contributed by atoms with E-state index in [4.69, 9.17) is 4.74 Å². The van der Waals surface area contributed by atoms with Crippen LogP contribution in [0.1, 0.15) is 60.8 Å². The highest BCUT2D eigenvalue weighted by molar-refractivity contribution is 5.85. The molecule has 0 radical (unpaired) electrons. The van der Waals surface area contributed by atoms with Crippen molar-refractivity contribution in [2.24, 2.45) is 11.3 Å². The number of carbonyl (C=O) groups excluding carboxylic acids is 3. The van der Waals surface area contributed by atoms with Gasteiger partial charge in [0.05, 0.1) is 12.7 Å². The normalized spacial score (nSPS) is 13.0. The molecule has 128 valence electrons. The van der Waals surface area contributed by atoms with Gasteiger partial charge in [0.2, 0.25) is 5.91 Å². The number of carbonyl (C=O) groups is 3. The van der Waals surface area contributed by atoms with Crippen LogP contribution in [0.25, 0.3) is 0 Å². The van der Waals surface area contributed by atoms with Crippen LogP contribution in [0.4, 0.5) is 0 Å². The maximum Gasteiger partial charge on any atom is 0.220 e. The van der Waals surface area contributed by atoms with Crippen LogP contribution < -0.4 is 5.32 Å². The summed E-state index contributed by atoms with van der Waals surface area (Å²) in [6, 6.07) is 0. The third kappa shape index (κ3) is 8.93. The van der Waals surface area contributed by atoms with E-state index in [0.29, 0.717) is 26.0 Å². The Morgan fingerprint density at radius 1 is 1.09 bits per heavy atom. The number of ketones is 2. The maximum absolute atomic E-state index is 11.6. The summed E-state index contributed by atoms with van der Waals surface area (Å²) in [4.78, 5) is 34.4. The van der Waals surface area contributed by atoms with Gasteiger partial charge < -0.3 is 10.1 Å². The van der Waals surface area contributed by atoms with Crippen molar-refractivity contribution >= 4 is 17.5 Å². The number of amides is 1. The zero-order chi connectivity index (χ0) is 17.3. The van der Waals surface area contributed by atoms with Gasteiger partial charge in [0, 0.05) is 30.7 Å². The molecule has 1 amide bonds. The first-order valence-corrected chi connectivity index (χ1v) is 7.98. The summed E-state index contributed by atoms with van der Waals surface area (Å²) in [7, 11) is 0. The van der Waals surface area contributed by atoms with Crippen molar-refractivity contribution in [3.63, 3.8) is 0 Å². The summed E-state index contributed by atoms with van der Waals surface area (Å²) in [5.41, 5.74) is -0.477. The molecule has 0 rings (SSSR count). The molecule has 5 nitrogen and oxygen atoms in total. The lowest BCUT2D eigenvalue weighted by Gasteiger charge is -2.23. The zero-order valence-corrected chi connectivity index (χ0v) is 14.8. The van der Waals surface area contributed by atoms with Crippen LogP contribution in [0.3, 0.4) is 0 Å². The summed E-state index contributed by atoms with van der Waals surface area (Å²) >= 11 is 0. The fourth-order valence-electron chi connectivity index (χ4n) is 1.56. The van der Waals surface area contributed by atoms with Gasteiger partial charge in [-0.25, -0.2) is 0 Å². The third-order valence-corrected chi connectivity index (χ3v) is 3.80. The Hall–Kier alpha value is -1.23. The SMILES string of the molecule is CC(=O)C(C)(C)COC(C)CCNC(=O)CCC(=O)C(C)C. The number of hydrogen-bond acceptors (Lipinski definition) is 4. The van der Waals surface area contributed by atoms with E-state index >= 15 is 0 Å². The molecule has 0 aromatic heterocycles. The van der Waals surface area contributed by atoms with Crippen molar-refractivity contribution in [2.45, 2.75) is 66.9 Å². The van der Waals surface area contributed by atoms with E-state index in [1.54, 1.807) is 6.92 Å². The summed E-state index contributed by atoms with van der Waals surface area (Å²) in [6.45, 7) is 11.8. The quantitative estimate of drug-likeness (QED) is 0.636. The molecule has 1 atom stereocenters. The Kier molecular flexibility index (Phi) is 9.18. The number of Topliss-reactive ketones (excluding diaryl/α,β-unsaturated/α-hetero) is 2. The summed E-state index contributed by atoms with van der Waals surface area (Å²) < 4.78 is 5.65. The smallest absolute Gasteiger partial charge is 0.220 e. The summed E-state index contributed by atoms with van der Waals surface area (Å²) in [5.74, 6) is 0.0808. The van der Waals surface area contributed by atoms with E-state index in [1.807, 2.05) is 34.6 Å². The molecule has 22 heavy (non-hydrogen) atoms. The van der Waals surface area contributed by atoms with Gasteiger partial charge in [0.15, 0.2) is 0 Å². The maximum atomic E-state index is 11.6. The molecule has 0 aliphatic rings. The van der Waals surface area contributed by atoms with Gasteiger partial charge in [0.25, 0.3) is 0 Å². The first-order chi connectivity index (χ1) is 10.1. The molecule has 0 fully saturated rings. The molecule has 0 aliphatic carbocycles. The largest absolute Gasteiger partial charge is 0.377 e. The number of ether oxygens (including phenoxy) is 1. The van der Waals surface area contributed by atoms with Gasteiger partial charge in [-0.2, -0.15) is 0 Å². The first kappa shape index (κ1) is 20.8. The first-order valence-electron chi connectivity index (χ1n) is 7.98. The van der Waals surface area contributed by atoms with Gasteiger partial charge in [-0.05, 0) is 20.3 Å². The molecule has 0 bridgehead atoms. The summed E-state index contributed by atoms with van der Waals surface area (Å²) in [6.07, 6.45) is 1.18. The number of nitrogens with one attached hydrogen (secondary N) is 1. The van der Waals surface area contributed by atoms with Crippen LogP contribution in [0.2, 0.25) is 0 Å². The molecule has 0 saturated carbocycles. The van der Waals surface area contributed by atoms with Crippen LogP contribution in [0.5, 0.6) is 0 Å². The van der Waals surface area contributed by atoms with E-state index in [1.165, 1.54) is 0 Å². The number of rotatable bonds is 11. The fourth-order valence-corrected chi connectivity index (χ4v) is 1.56. The lowest BCUT2D eigenvalue weighted by Crippen LogP contribution is -2.31. The molecule has 0 spiro atoms. The van der Waals surface area contributed by atoms with E-state index in [9.17, 15) is 14.4 Å². The topological polar surface area (TPSA) is 72.5 Å². The van der Waals surface area contributed by atoms with Crippen LogP contribution >= 0.6 is 0 Å². The van der Waals surface area contributed by atoms with Crippen molar-refractivity contribution in [1.29, 1.82) is 0 Å². The van der Waals surface area contributed by atoms with Gasteiger partial charge in [0.1, 0.15) is 11.6 Å². The molecule has 1 unspecified atom stereocenters. The lowest BCUT2D eigenvalue weighted by atomic mass is 9.90. The minimum atomic E-state index is -0.477. The Bertz CT molecular complexity index is 388. The minimum Gasteiger partial charge on any atom is -0.377 e. The number of hydrogen-bond donors (Lipinski definition) is 1. The highest BCUT2D eigenvalue weighted by Gasteiger charge is 2.24. The van der Waals surface area contributed by atoms with E-state index in [2.05, 4.69) is 5.32 Å². The Morgan fingerprint density at radius 3 is 2.18 bits per heavy atom. The van der Waals surface area contributed by atoms with E-state index < -0.39 is 5.41 Å². The molecule has 0 aromatic carbocycles. The molecule has 0 heterocycles. The average Bonchev–Trinajstić information content (AvgIpc) is 2.42. The van der Waals surface area contributed by atoms with Gasteiger partial charge in [-0.1, -0.05) is 27.7 Å². The standard InChI is InChI=1S/C17H31NO4/c1-12(2)15(20)7-8-16(21)18-10-9-13(3)22-11-17(5,6)14(4)19/h12-13H,7-11H2,1-6H3,(H,18,21). The van der Waals surface area contributed by atoms with Crippen LogP contribution in [-0.4, -0.2) is 36.7 Å². The van der Waals surface area contributed by atoms with Crippen LogP contribution in [0, 0.1) is 11.3 Å². The molecule has 0 aliphatic heterocycles. The lowest BCUT2D eigenvalue weighted by molar-refractivity contribution is -0.129. The molecular formula is C17H31NO4. The van der Waals surface area contributed by atoms with E-state index in [0.717, 1.165) is 0 Å². The molecular weight excluding hydrogens is 282 g/mol. The zero-order valence-electron chi connectivity index (χ0n) is 14.8.